The summed E-state index contributed by atoms with van der Waals surface area (Å²) in [5.74, 6) is 0.219. The fourth-order valence-corrected chi connectivity index (χ4v) is 4.31. The molecule has 0 aliphatic carbocycles. The molecule has 0 aliphatic heterocycles. The van der Waals surface area contributed by atoms with Crippen molar-refractivity contribution in [3.8, 4) is 11.5 Å². The molecule has 0 saturated heterocycles. The van der Waals surface area contributed by atoms with Crippen molar-refractivity contribution in [3.05, 3.63) is 68.8 Å². The maximum Gasteiger partial charge on any atom is 0.530 e. The number of phenols is 1. The number of phosphoric acid groups is 2. The lowest BCUT2D eigenvalue weighted by atomic mass is 10.3. The van der Waals surface area contributed by atoms with E-state index in [-0.39, 0.29) is 43.5 Å². The van der Waals surface area contributed by atoms with Crippen molar-refractivity contribution in [3.63, 3.8) is 0 Å². The maximum atomic E-state index is 12.0. The van der Waals surface area contributed by atoms with Crippen LogP contribution in [0.25, 0.3) is 0 Å². The Hall–Kier alpha value is -2.90. The molecule has 0 spiro atoms. The summed E-state index contributed by atoms with van der Waals surface area (Å²) >= 11 is 0. The number of nitro benzene ring substituents is 2. The van der Waals surface area contributed by atoms with Crippen LogP contribution in [0.3, 0.4) is 0 Å². The van der Waals surface area contributed by atoms with Gasteiger partial charge in [-0.1, -0.05) is 7.43 Å². The van der Waals surface area contributed by atoms with Crippen LogP contribution in [0.1, 0.15) is 35.1 Å². The first-order valence-electron chi connectivity index (χ1n) is 11.1. The maximum absolute atomic E-state index is 12.0. The van der Waals surface area contributed by atoms with E-state index in [2.05, 4.69) is 4.52 Å². The number of nitrogens with zero attached hydrogens (tertiary/aromatic N) is 2. The second-order valence-electron chi connectivity index (χ2n) is 6.36. The molecule has 0 heterocycles. The molecular weight excluding hydrogens is 562 g/mol. The Bertz CT molecular complexity index is 1050. The van der Waals surface area contributed by atoms with E-state index in [4.69, 9.17) is 27.7 Å². The predicted molar refractivity (Wildman–Crippen MR) is 144 cm³/mol. The molecule has 0 aromatic heterocycles. The molecule has 0 unspecified atom stereocenters. The van der Waals surface area contributed by atoms with Gasteiger partial charge in [0.2, 0.25) is 0 Å². The van der Waals surface area contributed by atoms with Gasteiger partial charge >= 0.3 is 15.6 Å². The van der Waals surface area contributed by atoms with E-state index in [0.29, 0.717) is 13.2 Å². The van der Waals surface area contributed by atoms with Gasteiger partial charge in [0.05, 0.1) is 36.3 Å². The van der Waals surface area contributed by atoms with Gasteiger partial charge in [-0.3, -0.25) is 42.8 Å². The Labute approximate surface area is 227 Å². The van der Waals surface area contributed by atoms with Crippen molar-refractivity contribution >= 4 is 27.0 Å². The number of rotatable bonds is 13. The molecule has 1 N–H and O–H groups in total. The Morgan fingerprint density at radius 3 is 1.33 bits per heavy atom. The van der Waals surface area contributed by atoms with Crippen LogP contribution in [0.15, 0.2) is 48.5 Å². The normalized spacial score (nSPS) is 10.6. The summed E-state index contributed by atoms with van der Waals surface area (Å²) in [6.07, 6.45) is 0. The van der Waals surface area contributed by atoms with E-state index in [0.717, 1.165) is 0 Å². The highest BCUT2D eigenvalue weighted by Gasteiger charge is 2.27. The Balaban J connectivity index is 0. The number of benzene rings is 2. The molecule has 0 radical (unpaired) electrons. The standard InChI is InChI=1S/C10H14NO6P.C6H5NO3.C5H13O4P.CH4/c1-3-15-18(14,16-4-2)17-10-7-5-9(6-8-10)11(12)13;8-6-3-1-5(2-4-6)7(9)10;1-4-8-10(6,7-3)9-5-2;/h5-8H,3-4H2,1-2H3;1-4,8H;4-5H2,1-3H3;1H4. The van der Waals surface area contributed by atoms with Crippen LogP contribution in [-0.2, 0) is 31.7 Å². The smallest absolute Gasteiger partial charge is 0.508 e. The fraction of sp³-hybridized carbons (Fsp3) is 0.455. The summed E-state index contributed by atoms with van der Waals surface area (Å²) in [7, 11) is -5.55. The molecule has 2 aromatic carbocycles. The van der Waals surface area contributed by atoms with Crippen molar-refractivity contribution in [1.82, 2.24) is 0 Å². The van der Waals surface area contributed by atoms with Gasteiger partial charge in [-0.2, -0.15) is 0 Å². The van der Waals surface area contributed by atoms with Crippen LogP contribution in [0.5, 0.6) is 11.5 Å². The Kier molecular flexibility index (Phi) is 19.7. The van der Waals surface area contributed by atoms with E-state index in [1.165, 1.54) is 55.6 Å². The topological polar surface area (TPSA) is 196 Å². The van der Waals surface area contributed by atoms with Crippen molar-refractivity contribution in [1.29, 1.82) is 0 Å². The summed E-state index contributed by atoms with van der Waals surface area (Å²) in [6.45, 7) is 7.76. The molecule has 0 amide bonds. The summed E-state index contributed by atoms with van der Waals surface area (Å²) in [5.41, 5.74) is -0.0946. The van der Waals surface area contributed by atoms with Crippen LogP contribution >= 0.6 is 15.6 Å². The van der Waals surface area contributed by atoms with E-state index >= 15 is 0 Å². The first-order chi connectivity index (χ1) is 17.9. The van der Waals surface area contributed by atoms with Crippen LogP contribution in [0.2, 0.25) is 0 Å². The van der Waals surface area contributed by atoms with Crippen molar-refractivity contribution in [2.75, 3.05) is 33.5 Å². The largest absolute Gasteiger partial charge is 0.530 e. The number of aromatic hydroxyl groups is 1. The van der Waals surface area contributed by atoms with Gasteiger partial charge in [0, 0.05) is 31.4 Å². The molecule has 15 nitrogen and oxygen atoms in total. The van der Waals surface area contributed by atoms with Gasteiger partial charge in [0.15, 0.2) is 0 Å². The number of nitro groups is 2. The highest BCUT2D eigenvalue weighted by molar-refractivity contribution is 7.49. The quantitative estimate of drug-likeness (QED) is 0.142. The summed E-state index contributed by atoms with van der Waals surface area (Å²) in [5, 5.41) is 29.2. The van der Waals surface area contributed by atoms with Crippen molar-refractivity contribution < 1.29 is 51.2 Å². The Morgan fingerprint density at radius 2 is 1.03 bits per heavy atom. The molecule has 0 aliphatic rings. The van der Waals surface area contributed by atoms with Gasteiger partial charge in [-0.25, -0.2) is 9.13 Å². The second kappa shape index (κ2) is 20.1. The van der Waals surface area contributed by atoms with Crippen LogP contribution in [0.4, 0.5) is 11.4 Å². The third kappa shape index (κ3) is 16.0. The highest BCUT2D eigenvalue weighted by atomic mass is 31.2. The number of hydrogen-bond acceptors (Lipinski definition) is 13. The van der Waals surface area contributed by atoms with Crippen LogP contribution in [-0.4, -0.2) is 48.5 Å². The molecule has 17 heteroatoms. The third-order valence-electron chi connectivity index (χ3n) is 3.70. The molecule has 0 fully saturated rings. The summed E-state index contributed by atoms with van der Waals surface area (Å²) in [6, 6.07) is 10.2. The van der Waals surface area contributed by atoms with Gasteiger partial charge in [0.25, 0.3) is 11.4 Å². The van der Waals surface area contributed by atoms with Gasteiger partial charge in [-0.05, 0) is 52.0 Å². The lowest BCUT2D eigenvalue weighted by molar-refractivity contribution is -0.385. The number of phenolic OH excluding ortho intramolecular Hbond substituents is 1. The summed E-state index contributed by atoms with van der Waals surface area (Å²) in [4.78, 5) is 19.5. The van der Waals surface area contributed by atoms with Gasteiger partial charge < -0.3 is 9.63 Å². The van der Waals surface area contributed by atoms with E-state index in [1.54, 1.807) is 27.7 Å². The molecule has 2 aromatic rings. The van der Waals surface area contributed by atoms with E-state index in [1.807, 2.05) is 0 Å². The van der Waals surface area contributed by atoms with Crippen molar-refractivity contribution in [2.45, 2.75) is 35.1 Å². The van der Waals surface area contributed by atoms with Crippen LogP contribution < -0.4 is 4.52 Å². The predicted octanol–water partition coefficient (Wildman–Crippen LogP) is 6.91. The van der Waals surface area contributed by atoms with E-state index in [9.17, 15) is 29.4 Å². The number of hydrogen-bond donors (Lipinski definition) is 1. The second-order valence-corrected chi connectivity index (χ2v) is 9.73. The molecule has 0 bridgehead atoms. The third-order valence-corrected chi connectivity index (χ3v) is 6.88. The van der Waals surface area contributed by atoms with Gasteiger partial charge in [-0.15, -0.1) is 0 Å². The SMILES string of the molecule is C.CCOP(=O)(OC)OCC.CCOP(=O)(OCC)Oc1ccc([N+](=O)[O-])cc1.O=[N+]([O-])c1ccc(O)cc1. The highest BCUT2D eigenvalue weighted by Crippen LogP contribution is 2.49. The molecule has 2 rings (SSSR count). The lowest BCUT2D eigenvalue weighted by Gasteiger charge is -2.16. The zero-order valence-electron chi connectivity index (χ0n) is 21.6. The molecule has 0 atom stereocenters. The molecular formula is C22H36N2O13P2. The first kappa shape index (κ1) is 38.2. The average Bonchev–Trinajstić information content (AvgIpc) is 2.86. The number of phosphoric ester groups is 2. The summed E-state index contributed by atoms with van der Waals surface area (Å²) < 4.78 is 52.1. The van der Waals surface area contributed by atoms with Gasteiger partial charge in [0.1, 0.15) is 11.5 Å². The minimum Gasteiger partial charge on any atom is -0.508 e. The molecule has 39 heavy (non-hydrogen) atoms. The molecule has 0 saturated carbocycles. The zero-order valence-corrected chi connectivity index (χ0v) is 23.4. The minimum absolute atomic E-state index is 0. The minimum atomic E-state index is -3.65. The van der Waals surface area contributed by atoms with Crippen LogP contribution in [0, 0.1) is 20.2 Å². The number of non-ortho nitro benzene ring substituents is 2. The van der Waals surface area contributed by atoms with Crippen molar-refractivity contribution in [2.24, 2.45) is 0 Å². The van der Waals surface area contributed by atoms with E-state index < -0.39 is 25.5 Å². The zero-order chi connectivity index (χ0) is 29.2. The lowest BCUT2D eigenvalue weighted by Crippen LogP contribution is -2.02. The first-order valence-corrected chi connectivity index (χ1v) is 14.0. The Morgan fingerprint density at radius 1 is 0.692 bits per heavy atom. The average molecular weight is 598 g/mol. The molecule has 222 valence electrons. The monoisotopic (exact) mass is 598 g/mol. The fourth-order valence-electron chi connectivity index (χ4n) is 2.20.